The molecule has 0 aromatic rings. The Kier molecular flexibility index (Phi) is 3.91. The van der Waals surface area contributed by atoms with E-state index in [-0.39, 0.29) is 0 Å². The fourth-order valence-corrected chi connectivity index (χ4v) is 4.03. The maximum absolute atomic E-state index is 6.18. The van der Waals surface area contributed by atoms with Gasteiger partial charge in [-0.1, -0.05) is 27.2 Å². The van der Waals surface area contributed by atoms with Crippen molar-refractivity contribution in [1.29, 1.82) is 0 Å². The van der Waals surface area contributed by atoms with Crippen LogP contribution in [0.15, 0.2) is 0 Å². The minimum Gasteiger partial charge on any atom is -0.328 e. The first-order valence-electron chi connectivity index (χ1n) is 7.16. The van der Waals surface area contributed by atoms with Gasteiger partial charge in [0.15, 0.2) is 0 Å². The molecule has 3 unspecified atom stereocenters. The summed E-state index contributed by atoms with van der Waals surface area (Å²) >= 11 is 0. The third kappa shape index (κ3) is 2.28. The van der Waals surface area contributed by atoms with E-state index in [2.05, 4.69) is 25.7 Å². The predicted octanol–water partition coefficient (Wildman–Crippen LogP) is 2.77. The molecule has 2 aliphatic rings. The zero-order valence-corrected chi connectivity index (χ0v) is 11.2. The predicted molar refractivity (Wildman–Crippen MR) is 69.4 cm³/mol. The van der Waals surface area contributed by atoms with Crippen LogP contribution in [-0.2, 0) is 0 Å². The summed E-state index contributed by atoms with van der Waals surface area (Å²) in [7, 11) is 0. The smallest absolute Gasteiger partial charge is 0.0121 e. The normalized spacial score (nSPS) is 37.7. The van der Waals surface area contributed by atoms with Crippen LogP contribution in [0.25, 0.3) is 0 Å². The van der Waals surface area contributed by atoms with Gasteiger partial charge in [0.2, 0.25) is 0 Å². The van der Waals surface area contributed by atoms with Crippen molar-refractivity contribution in [2.75, 3.05) is 0 Å². The number of hydrogen-bond donors (Lipinski definition) is 1. The van der Waals surface area contributed by atoms with Gasteiger partial charge >= 0.3 is 0 Å². The number of rotatable bonds is 3. The van der Waals surface area contributed by atoms with Gasteiger partial charge in [-0.05, 0) is 38.0 Å². The Labute approximate surface area is 101 Å². The first-order valence-corrected chi connectivity index (χ1v) is 7.16. The van der Waals surface area contributed by atoms with Gasteiger partial charge in [0.1, 0.15) is 0 Å². The van der Waals surface area contributed by atoms with Crippen LogP contribution in [-0.4, -0.2) is 29.1 Å². The van der Waals surface area contributed by atoms with E-state index in [0.717, 1.165) is 24.0 Å². The summed E-state index contributed by atoms with van der Waals surface area (Å²) < 4.78 is 0. The highest BCUT2D eigenvalue weighted by molar-refractivity contribution is 4.97. The maximum atomic E-state index is 6.18. The lowest BCUT2D eigenvalue weighted by Crippen LogP contribution is -2.59. The zero-order chi connectivity index (χ0) is 11.7. The summed E-state index contributed by atoms with van der Waals surface area (Å²) in [6, 6.07) is 2.82. The molecule has 2 nitrogen and oxygen atoms in total. The standard InChI is InChI=1S/C14H28N2/c1-4-14(10(2)3)16-12-6-5-7-13(16)9-11(15)8-12/h10-14H,4-9,15H2,1-3H3. The maximum Gasteiger partial charge on any atom is 0.0121 e. The molecule has 2 heteroatoms. The lowest BCUT2D eigenvalue weighted by molar-refractivity contribution is -0.0219. The molecule has 0 aromatic heterocycles. The molecule has 2 bridgehead atoms. The van der Waals surface area contributed by atoms with E-state index in [1.54, 1.807) is 0 Å². The second-order valence-electron chi connectivity index (χ2n) is 6.14. The Bertz CT molecular complexity index is 213. The van der Waals surface area contributed by atoms with Gasteiger partial charge in [0.05, 0.1) is 0 Å². The number of nitrogens with two attached hydrogens (primary N) is 1. The summed E-state index contributed by atoms with van der Waals surface area (Å²) in [6.45, 7) is 7.09. The van der Waals surface area contributed by atoms with E-state index < -0.39 is 0 Å². The molecule has 0 saturated carbocycles. The van der Waals surface area contributed by atoms with Gasteiger partial charge in [0.25, 0.3) is 0 Å². The van der Waals surface area contributed by atoms with E-state index in [9.17, 15) is 0 Å². The zero-order valence-electron chi connectivity index (χ0n) is 11.2. The third-order valence-electron chi connectivity index (χ3n) is 4.64. The van der Waals surface area contributed by atoms with Gasteiger partial charge in [-0.25, -0.2) is 0 Å². The van der Waals surface area contributed by atoms with Gasteiger partial charge in [-0.2, -0.15) is 0 Å². The molecule has 0 radical (unpaired) electrons. The fourth-order valence-electron chi connectivity index (χ4n) is 4.03. The molecule has 2 N–H and O–H groups in total. The molecule has 2 aliphatic heterocycles. The van der Waals surface area contributed by atoms with Crippen molar-refractivity contribution in [3.63, 3.8) is 0 Å². The summed E-state index contributed by atoms with van der Waals surface area (Å²) in [4.78, 5) is 2.84. The quantitative estimate of drug-likeness (QED) is 0.798. The van der Waals surface area contributed by atoms with E-state index >= 15 is 0 Å². The SMILES string of the molecule is CCC(C(C)C)N1C2CCCC1CC(N)C2. The monoisotopic (exact) mass is 224 g/mol. The molecule has 0 aliphatic carbocycles. The van der Waals surface area contributed by atoms with Gasteiger partial charge in [0, 0.05) is 24.2 Å². The molecule has 2 saturated heterocycles. The third-order valence-corrected chi connectivity index (χ3v) is 4.64. The number of fused-ring (bicyclic) bond motifs is 2. The van der Waals surface area contributed by atoms with E-state index in [1.165, 1.54) is 38.5 Å². The minimum absolute atomic E-state index is 0.469. The molecule has 0 spiro atoms. The minimum atomic E-state index is 0.469. The highest BCUT2D eigenvalue weighted by Gasteiger charge is 2.40. The molecule has 3 atom stereocenters. The first-order chi connectivity index (χ1) is 7.63. The van der Waals surface area contributed by atoms with Crippen LogP contribution < -0.4 is 5.73 Å². The average Bonchev–Trinajstić information content (AvgIpc) is 2.19. The van der Waals surface area contributed by atoms with Crippen molar-refractivity contribution in [3.05, 3.63) is 0 Å². The average molecular weight is 224 g/mol. The van der Waals surface area contributed by atoms with Gasteiger partial charge in [-0.3, -0.25) is 4.90 Å². The topological polar surface area (TPSA) is 29.3 Å². The highest BCUT2D eigenvalue weighted by atomic mass is 15.2. The number of nitrogens with zero attached hydrogens (tertiary/aromatic N) is 1. The van der Waals surface area contributed by atoms with Crippen LogP contribution in [0.5, 0.6) is 0 Å². The summed E-state index contributed by atoms with van der Waals surface area (Å²) in [5, 5.41) is 0. The summed E-state index contributed by atoms with van der Waals surface area (Å²) in [5.74, 6) is 0.780. The number of piperidine rings is 2. The molecule has 2 rings (SSSR count). The van der Waals surface area contributed by atoms with Crippen LogP contribution in [0.4, 0.5) is 0 Å². The van der Waals surface area contributed by atoms with Crippen molar-refractivity contribution in [2.45, 2.75) is 83.5 Å². The van der Waals surface area contributed by atoms with Crippen LogP contribution in [0.2, 0.25) is 0 Å². The summed E-state index contributed by atoms with van der Waals surface area (Å²) in [5.41, 5.74) is 6.18. The lowest BCUT2D eigenvalue weighted by atomic mass is 9.79. The van der Waals surface area contributed by atoms with Crippen LogP contribution in [0.1, 0.15) is 59.3 Å². The molecular formula is C14H28N2. The Morgan fingerprint density at radius 3 is 2.19 bits per heavy atom. The Morgan fingerprint density at radius 2 is 1.75 bits per heavy atom. The molecule has 0 aromatic carbocycles. The molecule has 0 amide bonds. The molecule has 94 valence electrons. The number of hydrogen-bond acceptors (Lipinski definition) is 2. The van der Waals surface area contributed by atoms with Crippen molar-refractivity contribution in [2.24, 2.45) is 11.7 Å². The van der Waals surface area contributed by atoms with Gasteiger partial charge < -0.3 is 5.73 Å². The molecule has 2 fully saturated rings. The van der Waals surface area contributed by atoms with Crippen molar-refractivity contribution in [1.82, 2.24) is 4.90 Å². The van der Waals surface area contributed by atoms with Gasteiger partial charge in [-0.15, -0.1) is 0 Å². The fraction of sp³-hybridized carbons (Fsp3) is 1.00. The molecule has 2 heterocycles. The Morgan fingerprint density at radius 1 is 1.19 bits per heavy atom. The Balaban J connectivity index is 2.13. The summed E-state index contributed by atoms with van der Waals surface area (Å²) in [6.07, 6.45) is 7.95. The molecular weight excluding hydrogens is 196 g/mol. The van der Waals surface area contributed by atoms with Crippen LogP contribution in [0.3, 0.4) is 0 Å². The molecule has 16 heavy (non-hydrogen) atoms. The van der Waals surface area contributed by atoms with Crippen molar-refractivity contribution >= 4 is 0 Å². The van der Waals surface area contributed by atoms with E-state index in [1.807, 2.05) is 0 Å². The van der Waals surface area contributed by atoms with Crippen LogP contribution >= 0.6 is 0 Å². The Hall–Kier alpha value is -0.0800. The highest BCUT2D eigenvalue weighted by Crippen LogP contribution is 2.37. The second kappa shape index (κ2) is 5.05. The second-order valence-corrected chi connectivity index (χ2v) is 6.14. The van der Waals surface area contributed by atoms with Crippen molar-refractivity contribution < 1.29 is 0 Å². The van der Waals surface area contributed by atoms with E-state index in [0.29, 0.717) is 6.04 Å². The van der Waals surface area contributed by atoms with Crippen molar-refractivity contribution in [3.8, 4) is 0 Å². The van der Waals surface area contributed by atoms with E-state index in [4.69, 9.17) is 5.73 Å². The van der Waals surface area contributed by atoms with Crippen LogP contribution in [0, 0.1) is 5.92 Å². The first kappa shape index (κ1) is 12.4. The lowest BCUT2D eigenvalue weighted by Gasteiger charge is -2.52. The largest absolute Gasteiger partial charge is 0.328 e.